The molecule has 0 spiro atoms. The fourth-order valence-corrected chi connectivity index (χ4v) is 1.30. The summed E-state index contributed by atoms with van der Waals surface area (Å²) >= 11 is 0. The van der Waals surface area contributed by atoms with Crippen LogP contribution in [0.2, 0.25) is 0 Å². The Balaban J connectivity index is 5.12. The van der Waals surface area contributed by atoms with E-state index < -0.39 is 42.5 Å². The van der Waals surface area contributed by atoms with Crippen molar-refractivity contribution in [2.24, 2.45) is 11.1 Å². The number of rotatable bonds is 4. The number of nitrogens with zero attached hydrogens (tertiary/aromatic N) is 2. The molecule has 2 amide bonds. The maximum atomic E-state index is 12.5. The second kappa shape index (κ2) is 6.43. The lowest BCUT2D eigenvalue weighted by molar-refractivity contribution is -0.166. The molecular formula is C12H22F3N3O2. The number of halogens is 3. The Morgan fingerprint density at radius 1 is 1.15 bits per heavy atom. The van der Waals surface area contributed by atoms with E-state index in [-0.39, 0.29) is 0 Å². The minimum Gasteiger partial charge on any atom is -0.347 e. The first-order valence-corrected chi connectivity index (χ1v) is 6.07. The van der Waals surface area contributed by atoms with E-state index in [1.165, 1.54) is 14.1 Å². The molecule has 0 heterocycles. The summed E-state index contributed by atoms with van der Waals surface area (Å²) in [5.74, 6) is -1.48. The van der Waals surface area contributed by atoms with Gasteiger partial charge in [-0.2, -0.15) is 13.2 Å². The predicted octanol–water partition coefficient (Wildman–Crippen LogP) is 0.839. The zero-order valence-corrected chi connectivity index (χ0v) is 12.4. The van der Waals surface area contributed by atoms with E-state index in [2.05, 4.69) is 0 Å². The summed E-state index contributed by atoms with van der Waals surface area (Å²) in [7, 11) is 2.81. The van der Waals surface area contributed by atoms with Crippen molar-refractivity contribution in [2.75, 3.05) is 27.2 Å². The van der Waals surface area contributed by atoms with Gasteiger partial charge in [-0.3, -0.25) is 9.59 Å². The number of carbonyl (C=O) groups excluding carboxylic acids is 2. The summed E-state index contributed by atoms with van der Waals surface area (Å²) in [4.78, 5) is 25.2. The van der Waals surface area contributed by atoms with E-state index in [1.54, 1.807) is 20.8 Å². The topological polar surface area (TPSA) is 66.6 Å². The third-order valence-electron chi connectivity index (χ3n) is 2.71. The highest BCUT2D eigenvalue weighted by atomic mass is 19.4. The number of hydrogen-bond acceptors (Lipinski definition) is 3. The van der Waals surface area contributed by atoms with Gasteiger partial charge in [0.15, 0.2) is 0 Å². The van der Waals surface area contributed by atoms with Crippen molar-refractivity contribution in [1.82, 2.24) is 9.80 Å². The van der Waals surface area contributed by atoms with Crippen LogP contribution in [0.3, 0.4) is 0 Å². The molecule has 0 radical (unpaired) electrons. The largest absolute Gasteiger partial charge is 0.406 e. The fourth-order valence-electron chi connectivity index (χ4n) is 1.30. The van der Waals surface area contributed by atoms with E-state index in [0.29, 0.717) is 4.90 Å². The lowest BCUT2D eigenvalue weighted by atomic mass is 9.86. The van der Waals surface area contributed by atoms with Gasteiger partial charge in [0.1, 0.15) is 13.1 Å². The van der Waals surface area contributed by atoms with Crippen LogP contribution < -0.4 is 5.73 Å². The zero-order valence-electron chi connectivity index (χ0n) is 12.4. The number of likely N-dealkylation sites (N-methyl/N-ethyl adjacent to an activating group) is 1. The Kier molecular flexibility index (Phi) is 6.01. The van der Waals surface area contributed by atoms with Gasteiger partial charge in [0.25, 0.3) is 0 Å². The number of carbonyl (C=O) groups is 2. The molecule has 118 valence electrons. The number of hydrogen-bond donors (Lipinski definition) is 1. The van der Waals surface area contributed by atoms with Crippen molar-refractivity contribution in [2.45, 2.75) is 33.0 Å². The minimum atomic E-state index is -4.58. The third kappa shape index (κ3) is 6.23. The quantitative estimate of drug-likeness (QED) is 0.836. The average Bonchev–Trinajstić information content (AvgIpc) is 2.22. The van der Waals surface area contributed by atoms with Crippen LogP contribution in [0.4, 0.5) is 13.2 Å². The minimum absolute atomic E-state index is 0.457. The average molecular weight is 297 g/mol. The molecule has 0 aliphatic rings. The van der Waals surface area contributed by atoms with Gasteiger partial charge < -0.3 is 15.5 Å². The van der Waals surface area contributed by atoms with Crippen molar-refractivity contribution in [3.8, 4) is 0 Å². The van der Waals surface area contributed by atoms with E-state index in [4.69, 9.17) is 5.73 Å². The van der Waals surface area contributed by atoms with Crippen molar-refractivity contribution in [3.63, 3.8) is 0 Å². The van der Waals surface area contributed by atoms with Crippen LogP contribution in [0.5, 0.6) is 0 Å². The number of amides is 2. The second-order valence-corrected chi connectivity index (χ2v) is 5.94. The van der Waals surface area contributed by atoms with Gasteiger partial charge in [0.05, 0.1) is 6.04 Å². The van der Waals surface area contributed by atoms with Crippen molar-refractivity contribution >= 4 is 11.8 Å². The molecular weight excluding hydrogens is 275 g/mol. The molecule has 0 aliphatic carbocycles. The number of nitrogens with two attached hydrogens (primary N) is 1. The molecule has 2 N–H and O–H groups in total. The van der Waals surface area contributed by atoms with Gasteiger partial charge in [-0.1, -0.05) is 20.8 Å². The van der Waals surface area contributed by atoms with Crippen LogP contribution in [0, 0.1) is 5.41 Å². The van der Waals surface area contributed by atoms with Crippen LogP contribution >= 0.6 is 0 Å². The summed E-state index contributed by atoms with van der Waals surface area (Å²) < 4.78 is 37.6. The summed E-state index contributed by atoms with van der Waals surface area (Å²) in [5, 5.41) is 0. The van der Waals surface area contributed by atoms with Crippen molar-refractivity contribution in [3.05, 3.63) is 0 Å². The molecule has 1 atom stereocenters. The molecule has 5 nitrogen and oxygen atoms in total. The summed E-state index contributed by atoms with van der Waals surface area (Å²) in [5.41, 5.74) is 4.99. The highest BCUT2D eigenvalue weighted by molar-refractivity contribution is 5.87. The highest BCUT2D eigenvalue weighted by Gasteiger charge is 2.38. The highest BCUT2D eigenvalue weighted by Crippen LogP contribution is 2.22. The Morgan fingerprint density at radius 3 is 1.90 bits per heavy atom. The van der Waals surface area contributed by atoms with Gasteiger partial charge in [-0.25, -0.2) is 0 Å². The second-order valence-electron chi connectivity index (χ2n) is 5.94. The first-order valence-electron chi connectivity index (χ1n) is 6.07. The summed E-state index contributed by atoms with van der Waals surface area (Å²) in [6.07, 6.45) is -4.58. The molecule has 0 rings (SSSR count). The van der Waals surface area contributed by atoms with Gasteiger partial charge >= 0.3 is 6.18 Å². The first-order chi connectivity index (χ1) is 8.75. The van der Waals surface area contributed by atoms with Crippen LogP contribution in [0.15, 0.2) is 0 Å². The lowest BCUT2D eigenvalue weighted by Gasteiger charge is -2.32. The predicted molar refractivity (Wildman–Crippen MR) is 68.8 cm³/mol. The Morgan fingerprint density at radius 2 is 1.60 bits per heavy atom. The zero-order chi connectivity index (χ0) is 16.3. The monoisotopic (exact) mass is 297 g/mol. The van der Waals surface area contributed by atoms with Gasteiger partial charge in [0.2, 0.25) is 11.8 Å². The smallest absolute Gasteiger partial charge is 0.347 e. The molecule has 0 saturated heterocycles. The number of alkyl halides is 3. The van der Waals surface area contributed by atoms with Gasteiger partial charge in [-0.05, 0) is 5.41 Å². The van der Waals surface area contributed by atoms with Crippen LogP contribution in [0.1, 0.15) is 20.8 Å². The Labute approximate surface area is 116 Å². The molecule has 0 bridgehead atoms. The Hall–Kier alpha value is -1.31. The molecule has 0 aromatic rings. The normalized spacial score (nSPS) is 13.8. The molecule has 1 unspecified atom stereocenters. The molecule has 0 fully saturated rings. The van der Waals surface area contributed by atoms with E-state index in [0.717, 1.165) is 4.90 Å². The van der Waals surface area contributed by atoms with E-state index >= 15 is 0 Å². The Bertz CT molecular complexity index is 362. The molecule has 8 heteroatoms. The van der Waals surface area contributed by atoms with Crippen LogP contribution in [-0.2, 0) is 9.59 Å². The maximum Gasteiger partial charge on any atom is 0.406 e. The molecule has 0 aliphatic heterocycles. The summed E-state index contributed by atoms with van der Waals surface area (Å²) in [6, 6.07) is -1.11. The van der Waals surface area contributed by atoms with Crippen molar-refractivity contribution in [1.29, 1.82) is 0 Å². The van der Waals surface area contributed by atoms with Gasteiger partial charge in [-0.15, -0.1) is 0 Å². The molecule has 0 aromatic carbocycles. The van der Waals surface area contributed by atoms with E-state index in [9.17, 15) is 22.8 Å². The lowest BCUT2D eigenvalue weighted by Crippen LogP contribution is -2.54. The van der Waals surface area contributed by atoms with Gasteiger partial charge in [0, 0.05) is 14.1 Å². The standard InChI is InChI=1S/C12H22F3N3O2/c1-11(2,3)9(16)10(20)18(7-12(13,14)15)6-8(19)17(4)5/h9H,6-7,16H2,1-5H3. The van der Waals surface area contributed by atoms with Crippen molar-refractivity contribution < 1.29 is 22.8 Å². The van der Waals surface area contributed by atoms with E-state index in [1.807, 2.05) is 0 Å². The summed E-state index contributed by atoms with van der Waals surface area (Å²) in [6.45, 7) is 2.81. The van der Waals surface area contributed by atoms with Crippen LogP contribution in [-0.4, -0.2) is 61.0 Å². The molecule has 0 aromatic heterocycles. The fraction of sp³-hybridized carbons (Fsp3) is 0.833. The van der Waals surface area contributed by atoms with Crippen LogP contribution in [0.25, 0.3) is 0 Å². The SMILES string of the molecule is CN(C)C(=O)CN(CC(F)(F)F)C(=O)C(N)C(C)(C)C. The molecule has 20 heavy (non-hydrogen) atoms. The third-order valence-corrected chi connectivity index (χ3v) is 2.71. The maximum absolute atomic E-state index is 12.5. The first kappa shape index (κ1) is 18.7. The molecule has 0 saturated carbocycles.